The van der Waals surface area contributed by atoms with Gasteiger partial charge in [-0.15, -0.1) is 0 Å². The second kappa shape index (κ2) is 12.3. The van der Waals surface area contributed by atoms with Gasteiger partial charge in [-0.05, 0) is 31.6 Å². The Kier molecular flexibility index (Phi) is 10.6. The van der Waals surface area contributed by atoms with Crippen LogP contribution in [0.3, 0.4) is 0 Å². The molecule has 0 saturated heterocycles. The first-order valence-electron chi connectivity index (χ1n) is 10.8. The van der Waals surface area contributed by atoms with E-state index in [2.05, 4.69) is 31.1 Å². The molecule has 0 aliphatic heterocycles. The summed E-state index contributed by atoms with van der Waals surface area (Å²) in [5.41, 5.74) is -0.817. The highest BCUT2D eigenvalue weighted by atomic mass is 16.4. The van der Waals surface area contributed by atoms with E-state index in [4.69, 9.17) is 4.42 Å². The molecule has 1 aliphatic carbocycles. The summed E-state index contributed by atoms with van der Waals surface area (Å²) in [4.78, 5) is 39.9. The number of carboxylic acids is 2. The predicted octanol–water partition coefficient (Wildman–Crippen LogP) is 3.90. The van der Waals surface area contributed by atoms with Crippen molar-refractivity contribution < 1.29 is 29.0 Å². The number of hydrogen-bond acceptors (Lipinski definition) is 5. The molecular weight excluding hydrogens is 388 g/mol. The minimum Gasteiger partial charge on any atom is -0.481 e. The van der Waals surface area contributed by atoms with Gasteiger partial charge in [0.1, 0.15) is 12.3 Å². The van der Waals surface area contributed by atoms with Crippen molar-refractivity contribution in [3.8, 4) is 0 Å². The van der Waals surface area contributed by atoms with Crippen molar-refractivity contribution in [1.29, 1.82) is 0 Å². The normalized spacial score (nSPS) is 17.0. The summed E-state index contributed by atoms with van der Waals surface area (Å²) in [6.45, 7) is 8.41. The van der Waals surface area contributed by atoms with Gasteiger partial charge in [-0.25, -0.2) is 9.78 Å². The molecule has 1 aromatic rings. The van der Waals surface area contributed by atoms with Gasteiger partial charge in [0, 0.05) is 0 Å². The minimum atomic E-state index is -1.17. The molecule has 1 aliphatic rings. The van der Waals surface area contributed by atoms with Gasteiger partial charge in [0.05, 0.1) is 24.0 Å². The summed E-state index contributed by atoms with van der Waals surface area (Å²) in [6.07, 6.45) is 7.00. The van der Waals surface area contributed by atoms with Gasteiger partial charge in [-0.1, -0.05) is 47.0 Å². The summed E-state index contributed by atoms with van der Waals surface area (Å²) in [5.74, 6) is -1.99. The number of nitrogens with zero attached hydrogens (tertiary/aromatic N) is 1. The van der Waals surface area contributed by atoms with Crippen LogP contribution in [-0.2, 0) is 20.8 Å². The lowest BCUT2D eigenvalue weighted by molar-refractivity contribution is -0.147. The SMILES string of the molecule is CC(C)C.CCC[C@H](CC1(C(=O)NC(Cc2ncco2)C(=O)O)CCCC1)C(=O)O. The standard InChI is InChI=1S/C18H26N2O6.C4H10/c1-2-5-12(15(21)22)11-18(6-3-4-7-18)17(25)20-13(16(23)24)10-14-19-8-9-26-14;1-4(2)3/h8-9,12-13H,2-7,10-11H2,1H3,(H,20,25)(H,21,22)(H,23,24);4H,1-3H3/t12-,13?;/m1./s1. The summed E-state index contributed by atoms with van der Waals surface area (Å²) in [7, 11) is 0. The molecule has 2 atom stereocenters. The van der Waals surface area contributed by atoms with Gasteiger partial charge < -0.3 is 19.9 Å². The van der Waals surface area contributed by atoms with Crippen LogP contribution in [0.1, 0.15) is 78.5 Å². The molecule has 30 heavy (non-hydrogen) atoms. The highest BCUT2D eigenvalue weighted by molar-refractivity contribution is 5.88. The number of aromatic nitrogens is 1. The van der Waals surface area contributed by atoms with E-state index < -0.39 is 29.3 Å². The second-order valence-electron chi connectivity index (χ2n) is 8.74. The van der Waals surface area contributed by atoms with E-state index in [1.807, 2.05) is 6.92 Å². The van der Waals surface area contributed by atoms with Crippen LogP contribution < -0.4 is 5.32 Å². The van der Waals surface area contributed by atoms with Crippen molar-refractivity contribution in [2.75, 3.05) is 0 Å². The van der Waals surface area contributed by atoms with Gasteiger partial charge in [-0.2, -0.15) is 0 Å². The number of nitrogens with one attached hydrogen (secondary N) is 1. The monoisotopic (exact) mass is 424 g/mol. The van der Waals surface area contributed by atoms with Crippen molar-refractivity contribution in [1.82, 2.24) is 10.3 Å². The summed E-state index contributed by atoms with van der Waals surface area (Å²) in [6, 6.07) is -1.16. The maximum Gasteiger partial charge on any atom is 0.326 e. The molecule has 8 nitrogen and oxygen atoms in total. The van der Waals surface area contributed by atoms with E-state index in [0.29, 0.717) is 19.3 Å². The van der Waals surface area contributed by atoms with Gasteiger partial charge in [0.25, 0.3) is 0 Å². The number of carbonyl (C=O) groups excluding carboxylic acids is 1. The Morgan fingerprint density at radius 1 is 1.17 bits per heavy atom. The van der Waals surface area contributed by atoms with Gasteiger partial charge in [0.15, 0.2) is 5.89 Å². The van der Waals surface area contributed by atoms with Crippen LogP contribution in [0.25, 0.3) is 0 Å². The Morgan fingerprint density at radius 2 is 1.77 bits per heavy atom. The highest BCUT2D eigenvalue weighted by Crippen LogP contribution is 2.44. The zero-order chi connectivity index (χ0) is 22.7. The van der Waals surface area contributed by atoms with Gasteiger partial charge in [0.2, 0.25) is 5.91 Å². The molecule has 2 rings (SSSR count). The van der Waals surface area contributed by atoms with Crippen molar-refractivity contribution in [2.45, 2.75) is 85.1 Å². The maximum absolute atomic E-state index is 13.0. The van der Waals surface area contributed by atoms with Crippen molar-refractivity contribution in [3.05, 3.63) is 18.4 Å². The van der Waals surface area contributed by atoms with Crippen molar-refractivity contribution in [3.63, 3.8) is 0 Å². The lowest BCUT2D eigenvalue weighted by atomic mass is 9.75. The third-order valence-electron chi connectivity index (χ3n) is 5.13. The largest absolute Gasteiger partial charge is 0.481 e. The lowest BCUT2D eigenvalue weighted by Gasteiger charge is -2.31. The smallest absolute Gasteiger partial charge is 0.326 e. The number of hydrogen-bond donors (Lipinski definition) is 3. The summed E-state index contributed by atoms with van der Waals surface area (Å²) in [5, 5.41) is 21.5. The quantitative estimate of drug-likeness (QED) is 0.519. The third-order valence-corrected chi connectivity index (χ3v) is 5.13. The summed E-state index contributed by atoms with van der Waals surface area (Å²) < 4.78 is 5.07. The van der Waals surface area contributed by atoms with Crippen LogP contribution in [0.5, 0.6) is 0 Å². The van der Waals surface area contributed by atoms with E-state index >= 15 is 0 Å². The fourth-order valence-electron chi connectivity index (χ4n) is 3.75. The Morgan fingerprint density at radius 3 is 2.20 bits per heavy atom. The first-order valence-corrected chi connectivity index (χ1v) is 10.8. The zero-order valence-electron chi connectivity index (χ0n) is 18.5. The molecule has 0 bridgehead atoms. The van der Waals surface area contributed by atoms with Crippen LogP contribution in [0, 0.1) is 17.3 Å². The molecule has 0 radical (unpaired) electrons. The Bertz CT molecular complexity index is 662. The topological polar surface area (TPSA) is 130 Å². The molecule has 1 saturated carbocycles. The molecule has 0 spiro atoms. The number of carbonyl (C=O) groups is 3. The number of carboxylic acid groups (broad SMARTS) is 2. The third kappa shape index (κ3) is 8.16. The van der Waals surface area contributed by atoms with E-state index in [1.54, 1.807) is 0 Å². The van der Waals surface area contributed by atoms with E-state index in [9.17, 15) is 24.6 Å². The lowest BCUT2D eigenvalue weighted by Crippen LogP contribution is -2.49. The molecule has 1 aromatic heterocycles. The van der Waals surface area contributed by atoms with Crippen LogP contribution >= 0.6 is 0 Å². The molecule has 1 unspecified atom stereocenters. The first kappa shape index (κ1) is 25.7. The molecule has 1 heterocycles. The predicted molar refractivity (Wildman–Crippen MR) is 112 cm³/mol. The van der Waals surface area contributed by atoms with Crippen molar-refractivity contribution >= 4 is 17.8 Å². The average molecular weight is 425 g/mol. The van der Waals surface area contributed by atoms with E-state index in [-0.39, 0.29) is 24.6 Å². The average Bonchev–Trinajstić information content (AvgIpc) is 3.32. The van der Waals surface area contributed by atoms with Crippen LogP contribution in [-0.4, -0.2) is 39.1 Å². The first-order chi connectivity index (χ1) is 14.1. The maximum atomic E-state index is 13.0. The fraction of sp³-hybridized carbons (Fsp3) is 0.727. The number of rotatable bonds is 10. The fourth-order valence-corrected chi connectivity index (χ4v) is 3.75. The zero-order valence-corrected chi connectivity index (χ0v) is 18.5. The summed E-state index contributed by atoms with van der Waals surface area (Å²) >= 11 is 0. The Labute approximate surface area is 178 Å². The second-order valence-corrected chi connectivity index (χ2v) is 8.74. The number of amides is 1. The number of aliphatic carboxylic acids is 2. The minimum absolute atomic E-state index is 0.0541. The van der Waals surface area contributed by atoms with Gasteiger partial charge in [-0.3, -0.25) is 9.59 Å². The van der Waals surface area contributed by atoms with E-state index in [1.165, 1.54) is 12.5 Å². The van der Waals surface area contributed by atoms with Crippen molar-refractivity contribution in [2.24, 2.45) is 17.3 Å². The highest BCUT2D eigenvalue weighted by Gasteiger charge is 2.45. The Hall–Kier alpha value is -2.38. The van der Waals surface area contributed by atoms with Gasteiger partial charge >= 0.3 is 11.9 Å². The molecule has 3 N–H and O–H groups in total. The van der Waals surface area contributed by atoms with Crippen LogP contribution in [0.15, 0.2) is 16.9 Å². The molecular formula is C22H36N2O6. The molecule has 1 amide bonds. The molecule has 1 fully saturated rings. The molecule has 0 aromatic carbocycles. The molecule has 8 heteroatoms. The van der Waals surface area contributed by atoms with E-state index in [0.717, 1.165) is 25.2 Å². The van der Waals surface area contributed by atoms with Crippen LogP contribution in [0.4, 0.5) is 0 Å². The molecule has 170 valence electrons. The Balaban J connectivity index is 0.00000103. The van der Waals surface area contributed by atoms with Crippen LogP contribution in [0.2, 0.25) is 0 Å². The number of oxazole rings is 1.